The zero-order valence-corrected chi connectivity index (χ0v) is 10.4. The lowest BCUT2D eigenvalue weighted by Crippen LogP contribution is -1.98. The Labute approximate surface area is 102 Å². The highest BCUT2D eigenvalue weighted by atomic mass is 35.5. The van der Waals surface area contributed by atoms with Crippen molar-refractivity contribution >= 4 is 11.6 Å². The van der Waals surface area contributed by atoms with E-state index in [4.69, 9.17) is 16.3 Å². The molecule has 0 heterocycles. The van der Waals surface area contributed by atoms with Crippen LogP contribution in [0.15, 0.2) is 18.2 Å². The molecule has 0 N–H and O–H groups in total. The number of ether oxygens (including phenoxy) is 1. The molecular formula is C13H18ClFO. The van der Waals surface area contributed by atoms with Crippen molar-refractivity contribution in [2.24, 2.45) is 0 Å². The van der Waals surface area contributed by atoms with Gasteiger partial charge in [0.05, 0.1) is 6.61 Å². The largest absolute Gasteiger partial charge is 0.493 e. The molecule has 0 saturated carbocycles. The molecule has 1 aromatic rings. The first-order valence-electron chi connectivity index (χ1n) is 5.69. The van der Waals surface area contributed by atoms with Crippen LogP contribution in [0.4, 0.5) is 4.39 Å². The van der Waals surface area contributed by atoms with E-state index in [1.807, 2.05) is 0 Å². The summed E-state index contributed by atoms with van der Waals surface area (Å²) >= 11 is 5.57. The molecule has 0 saturated heterocycles. The smallest absolute Gasteiger partial charge is 0.129 e. The van der Waals surface area contributed by atoms with E-state index in [0.29, 0.717) is 17.9 Å². The maximum Gasteiger partial charge on any atom is 0.129 e. The van der Waals surface area contributed by atoms with E-state index < -0.39 is 0 Å². The van der Waals surface area contributed by atoms with Crippen LogP contribution in [0.3, 0.4) is 0 Å². The summed E-state index contributed by atoms with van der Waals surface area (Å²) < 4.78 is 18.6. The van der Waals surface area contributed by atoms with E-state index in [9.17, 15) is 4.39 Å². The van der Waals surface area contributed by atoms with Gasteiger partial charge in [0.2, 0.25) is 0 Å². The Balaban J connectivity index is 2.19. The van der Waals surface area contributed by atoms with Gasteiger partial charge in [-0.15, -0.1) is 11.6 Å². The number of halogens is 2. The Morgan fingerprint density at radius 3 is 2.62 bits per heavy atom. The molecule has 1 nitrogen and oxygen atoms in total. The standard InChI is InChI=1S/C13H18ClFO/c1-11-6-7-12(10-13(11)15)16-9-5-3-2-4-8-14/h6-7,10H,2-5,8-9H2,1H3. The van der Waals surface area contributed by atoms with Gasteiger partial charge in [0.25, 0.3) is 0 Å². The second-order valence-electron chi connectivity index (χ2n) is 3.86. The first-order chi connectivity index (χ1) is 7.74. The molecule has 0 aromatic heterocycles. The SMILES string of the molecule is Cc1ccc(OCCCCCCCl)cc1F. The van der Waals surface area contributed by atoms with Gasteiger partial charge < -0.3 is 4.74 Å². The summed E-state index contributed by atoms with van der Waals surface area (Å²) in [7, 11) is 0. The molecule has 0 aliphatic rings. The zero-order chi connectivity index (χ0) is 11.8. The predicted molar refractivity (Wildman–Crippen MR) is 65.8 cm³/mol. The third-order valence-corrected chi connectivity index (χ3v) is 2.71. The lowest BCUT2D eigenvalue weighted by Gasteiger charge is -2.06. The van der Waals surface area contributed by atoms with Crippen LogP contribution < -0.4 is 4.74 Å². The fourth-order valence-corrected chi connectivity index (χ4v) is 1.59. The number of hydrogen-bond acceptors (Lipinski definition) is 1. The Morgan fingerprint density at radius 1 is 1.19 bits per heavy atom. The van der Waals surface area contributed by atoms with Gasteiger partial charge >= 0.3 is 0 Å². The minimum atomic E-state index is -0.209. The van der Waals surface area contributed by atoms with Gasteiger partial charge in [-0.3, -0.25) is 0 Å². The van der Waals surface area contributed by atoms with Crippen molar-refractivity contribution < 1.29 is 9.13 Å². The topological polar surface area (TPSA) is 9.23 Å². The molecule has 1 aromatic carbocycles. The Hall–Kier alpha value is -0.760. The summed E-state index contributed by atoms with van der Waals surface area (Å²) in [5, 5.41) is 0. The molecule has 0 aliphatic heterocycles. The van der Waals surface area contributed by atoms with E-state index in [1.165, 1.54) is 6.07 Å². The highest BCUT2D eigenvalue weighted by Crippen LogP contribution is 2.16. The number of benzene rings is 1. The third-order valence-electron chi connectivity index (χ3n) is 2.44. The van der Waals surface area contributed by atoms with Crippen molar-refractivity contribution in [2.45, 2.75) is 32.6 Å². The van der Waals surface area contributed by atoms with Crippen LogP contribution >= 0.6 is 11.6 Å². The summed E-state index contributed by atoms with van der Waals surface area (Å²) in [4.78, 5) is 0. The van der Waals surface area contributed by atoms with Gasteiger partial charge in [-0.1, -0.05) is 18.9 Å². The van der Waals surface area contributed by atoms with E-state index in [0.717, 1.165) is 31.6 Å². The van der Waals surface area contributed by atoms with Crippen LogP contribution in [-0.2, 0) is 0 Å². The van der Waals surface area contributed by atoms with E-state index in [-0.39, 0.29) is 5.82 Å². The second-order valence-corrected chi connectivity index (χ2v) is 4.24. The van der Waals surface area contributed by atoms with Crippen LogP contribution in [0.5, 0.6) is 5.75 Å². The van der Waals surface area contributed by atoms with E-state index in [2.05, 4.69) is 0 Å². The fourth-order valence-electron chi connectivity index (χ4n) is 1.40. The molecule has 1 rings (SSSR count). The fraction of sp³-hybridized carbons (Fsp3) is 0.538. The number of unbranched alkanes of at least 4 members (excludes halogenated alkanes) is 3. The minimum Gasteiger partial charge on any atom is -0.493 e. The van der Waals surface area contributed by atoms with Crippen LogP contribution in [-0.4, -0.2) is 12.5 Å². The van der Waals surface area contributed by atoms with Gasteiger partial charge in [0.1, 0.15) is 11.6 Å². The molecule has 0 bridgehead atoms. The molecule has 0 radical (unpaired) electrons. The second kappa shape index (κ2) is 7.50. The molecule has 0 atom stereocenters. The highest BCUT2D eigenvalue weighted by molar-refractivity contribution is 6.17. The number of aryl methyl sites for hydroxylation is 1. The van der Waals surface area contributed by atoms with Gasteiger partial charge in [0, 0.05) is 11.9 Å². The van der Waals surface area contributed by atoms with Gasteiger partial charge in [-0.25, -0.2) is 4.39 Å². The van der Waals surface area contributed by atoms with Gasteiger partial charge in [-0.05, 0) is 31.4 Å². The molecule has 90 valence electrons. The maximum absolute atomic E-state index is 13.2. The summed E-state index contributed by atoms with van der Waals surface area (Å²) in [6.07, 6.45) is 4.29. The van der Waals surface area contributed by atoms with E-state index >= 15 is 0 Å². The first-order valence-corrected chi connectivity index (χ1v) is 6.22. The molecule has 0 aliphatic carbocycles. The number of rotatable bonds is 7. The first kappa shape index (κ1) is 13.3. The molecular weight excluding hydrogens is 227 g/mol. The molecule has 0 amide bonds. The minimum absolute atomic E-state index is 0.209. The monoisotopic (exact) mass is 244 g/mol. The van der Waals surface area contributed by atoms with Crippen LogP contribution in [0.1, 0.15) is 31.2 Å². The molecule has 16 heavy (non-hydrogen) atoms. The van der Waals surface area contributed by atoms with Crippen molar-refractivity contribution in [3.63, 3.8) is 0 Å². The number of alkyl halides is 1. The van der Waals surface area contributed by atoms with Crippen molar-refractivity contribution in [2.75, 3.05) is 12.5 Å². The molecule has 0 fully saturated rings. The third kappa shape index (κ3) is 4.84. The van der Waals surface area contributed by atoms with Crippen molar-refractivity contribution in [3.8, 4) is 5.75 Å². The van der Waals surface area contributed by atoms with Crippen molar-refractivity contribution in [3.05, 3.63) is 29.6 Å². The maximum atomic E-state index is 13.2. The summed E-state index contributed by atoms with van der Waals surface area (Å²) in [6.45, 7) is 2.38. The van der Waals surface area contributed by atoms with E-state index in [1.54, 1.807) is 19.1 Å². The lowest BCUT2D eigenvalue weighted by molar-refractivity contribution is 0.303. The summed E-state index contributed by atoms with van der Waals surface area (Å²) in [5.41, 5.74) is 0.648. The van der Waals surface area contributed by atoms with Gasteiger partial charge in [-0.2, -0.15) is 0 Å². The van der Waals surface area contributed by atoms with Crippen LogP contribution in [0.25, 0.3) is 0 Å². The lowest BCUT2D eigenvalue weighted by atomic mass is 10.2. The molecule has 0 spiro atoms. The zero-order valence-electron chi connectivity index (χ0n) is 9.64. The van der Waals surface area contributed by atoms with Crippen LogP contribution in [0.2, 0.25) is 0 Å². The van der Waals surface area contributed by atoms with Crippen molar-refractivity contribution in [1.82, 2.24) is 0 Å². The molecule has 0 unspecified atom stereocenters. The Kier molecular flexibility index (Phi) is 6.24. The predicted octanol–water partition coefficient (Wildman–Crippen LogP) is 4.31. The Morgan fingerprint density at radius 2 is 1.94 bits per heavy atom. The summed E-state index contributed by atoms with van der Waals surface area (Å²) in [6, 6.07) is 4.98. The average Bonchev–Trinajstić information content (AvgIpc) is 2.28. The normalized spacial score (nSPS) is 10.4. The highest BCUT2D eigenvalue weighted by Gasteiger charge is 1.99. The summed E-state index contributed by atoms with van der Waals surface area (Å²) in [5.74, 6) is 1.13. The average molecular weight is 245 g/mol. The number of hydrogen-bond donors (Lipinski definition) is 0. The van der Waals surface area contributed by atoms with Gasteiger partial charge in [0.15, 0.2) is 0 Å². The molecule has 3 heteroatoms. The quantitative estimate of drug-likeness (QED) is 0.513. The Bertz CT molecular complexity index is 315. The van der Waals surface area contributed by atoms with Crippen molar-refractivity contribution in [1.29, 1.82) is 0 Å². The van der Waals surface area contributed by atoms with Crippen LogP contribution in [0, 0.1) is 12.7 Å².